The molecule has 1 heterocycles. The molecular formula is C18H18F4N2O4S. The fourth-order valence-corrected chi connectivity index (χ4v) is 3.83. The Morgan fingerprint density at radius 1 is 1.10 bits per heavy atom. The van der Waals surface area contributed by atoms with Gasteiger partial charge in [-0.2, -0.15) is 13.2 Å². The first-order valence-corrected chi connectivity index (χ1v) is 10.2. The summed E-state index contributed by atoms with van der Waals surface area (Å²) < 4.78 is 82.7. The van der Waals surface area contributed by atoms with E-state index in [1.165, 1.54) is 43.5 Å². The van der Waals surface area contributed by atoms with Crippen LogP contribution in [0.1, 0.15) is 11.1 Å². The monoisotopic (exact) mass is 434 g/mol. The van der Waals surface area contributed by atoms with Crippen LogP contribution in [0.25, 0.3) is 0 Å². The minimum Gasteiger partial charge on any atom is -0.494 e. The van der Waals surface area contributed by atoms with E-state index in [-0.39, 0.29) is 21.8 Å². The minimum atomic E-state index is -5.03. The van der Waals surface area contributed by atoms with Crippen molar-refractivity contribution in [1.82, 2.24) is 10.6 Å². The van der Waals surface area contributed by atoms with Gasteiger partial charge in [0.05, 0.1) is 12.0 Å². The lowest BCUT2D eigenvalue weighted by atomic mass is 9.91. The topological polar surface area (TPSA) is 87.7 Å². The van der Waals surface area contributed by atoms with Crippen molar-refractivity contribution in [1.29, 1.82) is 0 Å². The molecule has 2 atom stereocenters. The molecule has 0 radical (unpaired) electrons. The molecule has 0 aliphatic carbocycles. The number of alkyl halides is 3. The Morgan fingerprint density at radius 2 is 1.69 bits per heavy atom. The molecule has 3 N–H and O–H groups in total. The van der Waals surface area contributed by atoms with Gasteiger partial charge in [-0.15, -0.1) is 0 Å². The lowest BCUT2D eigenvalue weighted by Gasteiger charge is -2.34. The predicted molar refractivity (Wildman–Crippen MR) is 95.4 cm³/mol. The summed E-state index contributed by atoms with van der Waals surface area (Å²) in [5.74, 6) is -0.927. The highest BCUT2D eigenvalue weighted by Gasteiger charge is 2.62. The first kappa shape index (κ1) is 21.5. The second-order valence-corrected chi connectivity index (χ2v) is 8.75. The number of nitrogens with one attached hydrogen (secondary N) is 2. The van der Waals surface area contributed by atoms with Crippen molar-refractivity contribution in [2.45, 2.75) is 22.5 Å². The Morgan fingerprint density at radius 3 is 2.14 bits per heavy atom. The summed E-state index contributed by atoms with van der Waals surface area (Å²) >= 11 is 0. The number of benzene rings is 2. The van der Waals surface area contributed by atoms with Gasteiger partial charge in [-0.25, -0.2) is 12.8 Å². The van der Waals surface area contributed by atoms with Crippen LogP contribution in [0.5, 0.6) is 5.75 Å². The van der Waals surface area contributed by atoms with Crippen LogP contribution in [0, 0.1) is 5.82 Å². The van der Waals surface area contributed by atoms with Gasteiger partial charge in [-0.05, 0) is 35.4 Å². The van der Waals surface area contributed by atoms with E-state index in [4.69, 9.17) is 4.74 Å². The van der Waals surface area contributed by atoms with Crippen molar-refractivity contribution in [2.24, 2.45) is 0 Å². The average molecular weight is 434 g/mol. The molecule has 1 aliphatic rings. The summed E-state index contributed by atoms with van der Waals surface area (Å²) in [6, 6.07) is 8.59. The van der Waals surface area contributed by atoms with Gasteiger partial charge >= 0.3 is 6.18 Å². The molecule has 1 saturated heterocycles. The quantitative estimate of drug-likeness (QED) is 0.637. The zero-order valence-corrected chi connectivity index (χ0v) is 16.2. The molecule has 158 valence electrons. The first-order valence-electron chi connectivity index (χ1n) is 8.30. The Kier molecular flexibility index (Phi) is 5.14. The molecule has 0 saturated carbocycles. The van der Waals surface area contributed by atoms with Crippen LogP contribution >= 0.6 is 0 Å². The number of sulfone groups is 1. The van der Waals surface area contributed by atoms with Gasteiger partial charge in [0.15, 0.2) is 21.4 Å². The number of methoxy groups -OCH3 is 1. The molecular weight excluding hydrogens is 416 g/mol. The van der Waals surface area contributed by atoms with Crippen molar-refractivity contribution < 1.29 is 35.8 Å². The van der Waals surface area contributed by atoms with Crippen LogP contribution in [0.4, 0.5) is 17.6 Å². The molecule has 11 heteroatoms. The van der Waals surface area contributed by atoms with Gasteiger partial charge < -0.3 is 9.84 Å². The van der Waals surface area contributed by atoms with E-state index in [1.54, 1.807) is 0 Å². The highest BCUT2D eigenvalue weighted by Crippen LogP contribution is 2.40. The Bertz CT molecular complexity index is 1030. The zero-order chi connectivity index (χ0) is 21.7. The molecule has 29 heavy (non-hydrogen) atoms. The molecule has 0 amide bonds. The summed E-state index contributed by atoms with van der Waals surface area (Å²) in [6.45, 7) is -0.919. The van der Waals surface area contributed by atoms with Gasteiger partial charge in [0.1, 0.15) is 5.66 Å². The number of halogens is 4. The van der Waals surface area contributed by atoms with E-state index in [0.717, 1.165) is 12.3 Å². The summed E-state index contributed by atoms with van der Waals surface area (Å²) in [5.41, 5.74) is -4.95. The number of β-amino-alcohol motifs (C(OH)–C–C–N with tert-alkyl or cyclic N) is 1. The molecule has 2 aromatic rings. The maximum Gasteiger partial charge on any atom is 0.432 e. The van der Waals surface area contributed by atoms with Crippen molar-refractivity contribution in [3.8, 4) is 5.75 Å². The van der Waals surface area contributed by atoms with Crippen molar-refractivity contribution in [3.05, 3.63) is 59.4 Å². The lowest BCUT2D eigenvalue weighted by molar-refractivity contribution is -0.263. The minimum absolute atomic E-state index is 0.0306. The van der Waals surface area contributed by atoms with Gasteiger partial charge in [0.2, 0.25) is 5.72 Å². The van der Waals surface area contributed by atoms with Crippen molar-refractivity contribution in [2.75, 3.05) is 19.9 Å². The van der Waals surface area contributed by atoms with E-state index in [1.807, 2.05) is 0 Å². The molecule has 1 aliphatic heterocycles. The second-order valence-electron chi connectivity index (χ2n) is 6.73. The average Bonchev–Trinajstić information content (AvgIpc) is 3.01. The fourth-order valence-electron chi connectivity index (χ4n) is 3.20. The second kappa shape index (κ2) is 6.94. The van der Waals surface area contributed by atoms with Gasteiger partial charge in [0, 0.05) is 12.8 Å². The molecule has 2 aromatic carbocycles. The standard InChI is InChI=1S/C18H18F4N2O4S/c1-28-15-8-5-12(9-14(15)19)17(23-10-16(25,24-17)18(20,21)22)11-3-6-13(7-4-11)29(2,26)27/h3-9,23-25H,10H2,1-2H3. The third-order valence-corrected chi connectivity index (χ3v) is 5.90. The van der Waals surface area contributed by atoms with Crippen LogP contribution in [0.15, 0.2) is 47.4 Å². The van der Waals surface area contributed by atoms with E-state index >= 15 is 0 Å². The Hall–Kier alpha value is -2.21. The van der Waals surface area contributed by atoms with Crippen LogP contribution < -0.4 is 15.4 Å². The molecule has 6 nitrogen and oxygen atoms in total. The van der Waals surface area contributed by atoms with Crippen LogP contribution in [-0.4, -0.2) is 45.3 Å². The fraction of sp³-hybridized carbons (Fsp3) is 0.333. The number of hydrogen-bond acceptors (Lipinski definition) is 6. The SMILES string of the molecule is COc1ccc(C2(c3ccc(S(C)(=O)=O)cc3)NCC(O)(C(F)(F)F)N2)cc1F. The molecule has 3 rings (SSSR count). The van der Waals surface area contributed by atoms with Crippen LogP contribution in [-0.2, 0) is 15.5 Å². The molecule has 2 unspecified atom stereocenters. The summed E-state index contributed by atoms with van der Waals surface area (Å²) in [6.07, 6.45) is -4.04. The van der Waals surface area contributed by atoms with Crippen LogP contribution in [0.2, 0.25) is 0 Å². The third kappa shape index (κ3) is 3.70. The van der Waals surface area contributed by atoms with Crippen LogP contribution in [0.3, 0.4) is 0 Å². The van der Waals surface area contributed by atoms with Gasteiger partial charge in [-0.3, -0.25) is 10.6 Å². The number of aliphatic hydroxyl groups is 1. The maximum absolute atomic E-state index is 14.3. The Balaban J connectivity index is 2.17. The van der Waals surface area contributed by atoms with E-state index in [2.05, 4.69) is 10.6 Å². The number of hydrogen-bond donors (Lipinski definition) is 3. The highest BCUT2D eigenvalue weighted by atomic mass is 32.2. The number of rotatable bonds is 4. The molecule has 0 spiro atoms. The largest absolute Gasteiger partial charge is 0.494 e. The third-order valence-electron chi connectivity index (χ3n) is 4.77. The molecule has 1 fully saturated rings. The van der Waals surface area contributed by atoms with E-state index in [9.17, 15) is 31.1 Å². The van der Waals surface area contributed by atoms with E-state index < -0.39 is 39.8 Å². The molecule has 0 bridgehead atoms. The smallest absolute Gasteiger partial charge is 0.432 e. The normalized spacial score (nSPS) is 25.2. The summed E-state index contributed by atoms with van der Waals surface area (Å²) in [5, 5.41) is 14.9. The van der Waals surface area contributed by atoms with Gasteiger partial charge in [-0.1, -0.05) is 18.2 Å². The van der Waals surface area contributed by atoms with Crippen molar-refractivity contribution in [3.63, 3.8) is 0 Å². The molecule has 0 aromatic heterocycles. The summed E-state index contributed by atoms with van der Waals surface area (Å²) in [7, 11) is -2.29. The predicted octanol–water partition coefficient (Wildman–Crippen LogP) is 1.88. The van der Waals surface area contributed by atoms with Gasteiger partial charge in [0.25, 0.3) is 0 Å². The highest BCUT2D eigenvalue weighted by molar-refractivity contribution is 7.90. The lowest BCUT2D eigenvalue weighted by Crippen LogP contribution is -2.59. The summed E-state index contributed by atoms with van der Waals surface area (Å²) in [4.78, 5) is -0.0404. The van der Waals surface area contributed by atoms with E-state index in [0.29, 0.717) is 0 Å². The van der Waals surface area contributed by atoms with Crippen molar-refractivity contribution >= 4 is 9.84 Å². The number of ether oxygens (including phenoxy) is 1. The first-order chi connectivity index (χ1) is 13.3. The maximum atomic E-state index is 14.3. The Labute approximate surface area is 164 Å². The zero-order valence-electron chi connectivity index (χ0n) is 15.3.